The van der Waals surface area contributed by atoms with Crippen molar-refractivity contribution in [3.63, 3.8) is 0 Å². The second-order valence-corrected chi connectivity index (χ2v) is 7.07. The molecule has 1 aliphatic heterocycles. The van der Waals surface area contributed by atoms with Crippen LogP contribution in [-0.4, -0.2) is 83.2 Å². The number of nitrogens with zero attached hydrogens (tertiary/aromatic N) is 3. The normalized spacial score (nSPS) is 23.7. The first-order valence-corrected chi connectivity index (χ1v) is 9.31. The van der Waals surface area contributed by atoms with Gasteiger partial charge in [0.15, 0.2) is 0 Å². The molecule has 2 fully saturated rings. The zero-order chi connectivity index (χ0) is 18.5. The Morgan fingerprint density at radius 3 is 2.62 bits per heavy atom. The highest BCUT2D eigenvalue weighted by Crippen LogP contribution is 2.25. The number of likely N-dealkylation sites (N-methyl/N-ethyl adjacent to an activating group) is 1. The van der Waals surface area contributed by atoms with Crippen LogP contribution in [0.4, 0.5) is 4.79 Å². The number of urea groups is 1. The Labute approximate surface area is 153 Å². The van der Waals surface area contributed by atoms with E-state index < -0.39 is 5.97 Å². The van der Waals surface area contributed by atoms with E-state index in [2.05, 4.69) is 10.2 Å². The van der Waals surface area contributed by atoms with Crippen molar-refractivity contribution in [1.29, 1.82) is 0 Å². The van der Waals surface area contributed by atoms with E-state index in [1.54, 1.807) is 6.26 Å². The van der Waals surface area contributed by atoms with Gasteiger partial charge in [0.25, 0.3) is 0 Å². The summed E-state index contributed by atoms with van der Waals surface area (Å²) < 4.78 is 5.37. The Kier molecular flexibility index (Phi) is 6.16. The standard InChI is InChI=1S/C18H28N4O4/c1-2-21(13-17(23)24)15-10-14(11-15)19-18(25)22-7-5-20(6-8-22)12-16-4-3-9-26-16/h3-4,9,14-15H,2,5-8,10-13H2,1H3,(H,19,25)(H,23,24). The summed E-state index contributed by atoms with van der Waals surface area (Å²) in [4.78, 5) is 29.4. The number of rotatable bonds is 7. The van der Waals surface area contributed by atoms with E-state index >= 15 is 0 Å². The van der Waals surface area contributed by atoms with Crippen molar-refractivity contribution < 1.29 is 19.1 Å². The molecule has 0 radical (unpaired) electrons. The Bertz CT molecular complexity index is 592. The maximum absolute atomic E-state index is 12.4. The minimum Gasteiger partial charge on any atom is -0.480 e. The third-order valence-corrected chi connectivity index (χ3v) is 5.32. The van der Waals surface area contributed by atoms with Crippen molar-refractivity contribution in [3.8, 4) is 0 Å². The molecule has 1 aromatic rings. The van der Waals surface area contributed by atoms with E-state index in [0.29, 0.717) is 13.1 Å². The van der Waals surface area contributed by atoms with E-state index in [1.807, 2.05) is 28.9 Å². The van der Waals surface area contributed by atoms with Gasteiger partial charge in [-0.25, -0.2) is 4.79 Å². The molecular formula is C18H28N4O4. The first-order valence-electron chi connectivity index (χ1n) is 9.31. The summed E-state index contributed by atoms with van der Waals surface area (Å²) in [6, 6.07) is 4.26. The quantitative estimate of drug-likeness (QED) is 0.752. The number of hydrogen-bond acceptors (Lipinski definition) is 5. The fourth-order valence-corrected chi connectivity index (χ4v) is 3.67. The van der Waals surface area contributed by atoms with Crippen LogP contribution in [0.25, 0.3) is 0 Å². The van der Waals surface area contributed by atoms with Crippen LogP contribution in [0.3, 0.4) is 0 Å². The number of hydrogen-bond donors (Lipinski definition) is 2. The molecule has 1 saturated heterocycles. The molecule has 0 atom stereocenters. The SMILES string of the molecule is CCN(CC(=O)O)C1CC(NC(=O)N2CCN(Cc3ccco3)CC2)C1. The molecule has 1 aromatic heterocycles. The van der Waals surface area contributed by atoms with Gasteiger partial charge in [0.05, 0.1) is 19.4 Å². The molecule has 8 nitrogen and oxygen atoms in total. The number of aliphatic carboxylic acids is 1. The highest BCUT2D eigenvalue weighted by atomic mass is 16.4. The van der Waals surface area contributed by atoms with Crippen molar-refractivity contribution >= 4 is 12.0 Å². The lowest BCUT2D eigenvalue weighted by molar-refractivity contribution is -0.139. The van der Waals surface area contributed by atoms with Crippen molar-refractivity contribution in [3.05, 3.63) is 24.2 Å². The molecule has 2 amide bonds. The largest absolute Gasteiger partial charge is 0.480 e. The van der Waals surface area contributed by atoms with E-state index in [-0.39, 0.29) is 24.7 Å². The molecule has 8 heteroatoms. The summed E-state index contributed by atoms with van der Waals surface area (Å²) in [5.74, 6) is 0.150. The van der Waals surface area contributed by atoms with Crippen LogP contribution in [0.5, 0.6) is 0 Å². The van der Waals surface area contributed by atoms with Gasteiger partial charge in [-0.1, -0.05) is 6.92 Å². The van der Waals surface area contributed by atoms with Crippen LogP contribution in [-0.2, 0) is 11.3 Å². The molecule has 2 heterocycles. The van der Waals surface area contributed by atoms with Crippen molar-refractivity contribution in [2.75, 3.05) is 39.3 Å². The molecule has 0 unspecified atom stereocenters. The first-order chi connectivity index (χ1) is 12.5. The lowest BCUT2D eigenvalue weighted by Crippen LogP contribution is -2.58. The summed E-state index contributed by atoms with van der Waals surface area (Å²) >= 11 is 0. The summed E-state index contributed by atoms with van der Waals surface area (Å²) in [5, 5.41) is 12.0. The molecule has 1 aliphatic carbocycles. The minimum absolute atomic E-state index is 0.00705. The van der Waals surface area contributed by atoms with E-state index in [4.69, 9.17) is 9.52 Å². The number of carbonyl (C=O) groups is 2. The molecule has 144 valence electrons. The maximum Gasteiger partial charge on any atom is 0.317 e. The summed E-state index contributed by atoms with van der Waals surface area (Å²) in [6.07, 6.45) is 3.33. The van der Waals surface area contributed by atoms with Gasteiger partial charge in [0.1, 0.15) is 5.76 Å². The molecule has 2 aliphatic rings. The highest BCUT2D eigenvalue weighted by Gasteiger charge is 2.35. The Morgan fingerprint density at radius 1 is 1.31 bits per heavy atom. The number of furan rings is 1. The molecule has 0 spiro atoms. The maximum atomic E-state index is 12.4. The Morgan fingerprint density at radius 2 is 2.04 bits per heavy atom. The van der Waals surface area contributed by atoms with Crippen molar-refractivity contribution in [2.45, 2.75) is 38.4 Å². The summed E-state index contributed by atoms with van der Waals surface area (Å²) in [7, 11) is 0. The molecule has 3 rings (SSSR count). The monoisotopic (exact) mass is 364 g/mol. The summed E-state index contributed by atoms with van der Waals surface area (Å²) in [6.45, 7) is 6.63. The van der Waals surface area contributed by atoms with Gasteiger partial charge < -0.3 is 19.7 Å². The minimum atomic E-state index is -0.799. The summed E-state index contributed by atoms with van der Waals surface area (Å²) in [5.41, 5.74) is 0. The predicted octanol–water partition coefficient (Wildman–Crippen LogP) is 1.04. The van der Waals surface area contributed by atoms with Gasteiger partial charge in [-0.3, -0.25) is 14.6 Å². The number of carboxylic acid groups (broad SMARTS) is 1. The van der Waals surface area contributed by atoms with Gasteiger partial charge >= 0.3 is 12.0 Å². The lowest BCUT2D eigenvalue weighted by Gasteiger charge is -2.43. The molecular weight excluding hydrogens is 336 g/mol. The number of nitrogens with one attached hydrogen (secondary N) is 1. The number of piperazine rings is 1. The van der Waals surface area contributed by atoms with Crippen molar-refractivity contribution in [1.82, 2.24) is 20.0 Å². The van der Waals surface area contributed by atoms with Crippen LogP contribution in [0, 0.1) is 0 Å². The zero-order valence-electron chi connectivity index (χ0n) is 15.3. The zero-order valence-corrected chi connectivity index (χ0v) is 15.3. The topological polar surface area (TPSA) is 89.3 Å². The van der Waals surface area contributed by atoms with Crippen LogP contribution in [0.2, 0.25) is 0 Å². The van der Waals surface area contributed by atoms with E-state index in [1.165, 1.54) is 0 Å². The molecule has 26 heavy (non-hydrogen) atoms. The molecule has 0 aromatic carbocycles. The fourth-order valence-electron chi connectivity index (χ4n) is 3.67. The predicted molar refractivity (Wildman–Crippen MR) is 95.8 cm³/mol. The second kappa shape index (κ2) is 8.55. The second-order valence-electron chi connectivity index (χ2n) is 7.07. The van der Waals surface area contributed by atoms with E-state index in [0.717, 1.165) is 44.8 Å². The fraction of sp³-hybridized carbons (Fsp3) is 0.667. The van der Waals surface area contributed by atoms with Gasteiger partial charge in [0, 0.05) is 38.3 Å². The van der Waals surface area contributed by atoms with Crippen LogP contribution in [0.1, 0.15) is 25.5 Å². The lowest BCUT2D eigenvalue weighted by atomic mass is 9.85. The van der Waals surface area contributed by atoms with Gasteiger partial charge in [0.2, 0.25) is 0 Å². The van der Waals surface area contributed by atoms with Gasteiger partial charge in [-0.05, 0) is 31.5 Å². The number of carboxylic acids is 1. The average Bonchev–Trinajstić information content (AvgIpc) is 3.09. The van der Waals surface area contributed by atoms with Crippen LogP contribution in [0.15, 0.2) is 22.8 Å². The smallest absolute Gasteiger partial charge is 0.317 e. The molecule has 0 bridgehead atoms. The molecule has 2 N–H and O–H groups in total. The molecule has 1 saturated carbocycles. The Balaban J connectivity index is 1.35. The van der Waals surface area contributed by atoms with E-state index in [9.17, 15) is 9.59 Å². The Hall–Kier alpha value is -2.06. The third kappa shape index (κ3) is 4.76. The number of carbonyl (C=O) groups excluding carboxylic acids is 1. The number of amides is 2. The third-order valence-electron chi connectivity index (χ3n) is 5.32. The van der Waals surface area contributed by atoms with Crippen LogP contribution < -0.4 is 5.32 Å². The van der Waals surface area contributed by atoms with Crippen molar-refractivity contribution in [2.24, 2.45) is 0 Å². The first kappa shape index (κ1) is 18.7. The van der Waals surface area contributed by atoms with Gasteiger partial charge in [-0.15, -0.1) is 0 Å². The highest BCUT2D eigenvalue weighted by molar-refractivity contribution is 5.74. The average molecular weight is 364 g/mol. The van der Waals surface area contributed by atoms with Crippen LogP contribution >= 0.6 is 0 Å². The van der Waals surface area contributed by atoms with Gasteiger partial charge in [-0.2, -0.15) is 0 Å².